The van der Waals surface area contributed by atoms with Gasteiger partial charge < -0.3 is 0 Å². The topological polar surface area (TPSA) is 25.8 Å². The quantitative estimate of drug-likeness (QED) is 0.598. The summed E-state index contributed by atoms with van der Waals surface area (Å²) >= 11 is 12.1. The van der Waals surface area contributed by atoms with E-state index in [-0.39, 0.29) is 16.5 Å². The van der Waals surface area contributed by atoms with Gasteiger partial charge in [0.25, 0.3) is 0 Å². The zero-order valence-electron chi connectivity index (χ0n) is 9.87. The standard InChI is InChI=1S/C14H6Cl2F2N2/c15-10-2-1-3-11-12(10)13(16)20-14(19-11)7-4-8(17)6-9(18)5-7/h1-6H. The number of benzene rings is 2. The summed E-state index contributed by atoms with van der Waals surface area (Å²) in [5.41, 5.74) is 0.725. The second-order valence-corrected chi connectivity index (χ2v) is 4.90. The Morgan fingerprint density at radius 1 is 0.900 bits per heavy atom. The number of fused-ring (bicyclic) bond motifs is 1. The number of rotatable bonds is 1. The summed E-state index contributed by atoms with van der Waals surface area (Å²) in [6.45, 7) is 0. The third kappa shape index (κ3) is 2.32. The summed E-state index contributed by atoms with van der Waals surface area (Å²) in [4.78, 5) is 8.29. The molecule has 0 saturated carbocycles. The summed E-state index contributed by atoms with van der Waals surface area (Å²) < 4.78 is 26.5. The van der Waals surface area contributed by atoms with Crippen LogP contribution in [0.15, 0.2) is 36.4 Å². The minimum absolute atomic E-state index is 0.139. The van der Waals surface area contributed by atoms with Crippen LogP contribution in [0.2, 0.25) is 10.2 Å². The molecule has 20 heavy (non-hydrogen) atoms. The molecule has 100 valence electrons. The average Bonchev–Trinajstić information content (AvgIpc) is 2.37. The smallest absolute Gasteiger partial charge is 0.161 e. The van der Waals surface area contributed by atoms with Crippen molar-refractivity contribution in [3.63, 3.8) is 0 Å². The first-order valence-corrected chi connectivity index (χ1v) is 6.38. The van der Waals surface area contributed by atoms with Gasteiger partial charge in [-0.3, -0.25) is 0 Å². The molecule has 0 unspecified atom stereocenters. The summed E-state index contributed by atoms with van der Waals surface area (Å²) in [5.74, 6) is -1.26. The Bertz CT molecular complexity index is 801. The molecule has 0 amide bonds. The number of hydrogen-bond acceptors (Lipinski definition) is 2. The molecule has 0 bridgehead atoms. The van der Waals surface area contributed by atoms with Crippen molar-refractivity contribution in [3.8, 4) is 11.4 Å². The molecule has 0 N–H and O–H groups in total. The highest BCUT2D eigenvalue weighted by Gasteiger charge is 2.12. The van der Waals surface area contributed by atoms with Crippen LogP contribution < -0.4 is 0 Å². The predicted molar refractivity (Wildman–Crippen MR) is 74.9 cm³/mol. The molecule has 0 aliphatic carbocycles. The zero-order chi connectivity index (χ0) is 14.3. The summed E-state index contributed by atoms with van der Waals surface area (Å²) in [5, 5.41) is 1.07. The van der Waals surface area contributed by atoms with Gasteiger partial charge in [-0.25, -0.2) is 18.7 Å². The Labute approximate surface area is 123 Å². The molecule has 0 radical (unpaired) electrons. The summed E-state index contributed by atoms with van der Waals surface area (Å²) in [6, 6.07) is 8.15. The van der Waals surface area contributed by atoms with E-state index in [1.165, 1.54) is 0 Å². The Morgan fingerprint density at radius 2 is 1.60 bits per heavy atom. The fraction of sp³-hybridized carbons (Fsp3) is 0. The highest BCUT2D eigenvalue weighted by Crippen LogP contribution is 2.30. The normalized spacial score (nSPS) is 11.0. The van der Waals surface area contributed by atoms with E-state index >= 15 is 0 Å². The SMILES string of the molecule is Fc1cc(F)cc(-c2nc(Cl)c3c(Cl)cccc3n2)c1. The molecule has 0 spiro atoms. The molecular weight excluding hydrogens is 305 g/mol. The van der Waals surface area contributed by atoms with E-state index in [0.29, 0.717) is 15.9 Å². The van der Waals surface area contributed by atoms with Crippen molar-refractivity contribution in [3.05, 3.63) is 58.2 Å². The lowest BCUT2D eigenvalue weighted by Crippen LogP contribution is -1.94. The molecule has 1 heterocycles. The molecule has 0 atom stereocenters. The van der Waals surface area contributed by atoms with Crippen molar-refractivity contribution < 1.29 is 8.78 Å². The Kier molecular flexibility index (Phi) is 3.28. The van der Waals surface area contributed by atoms with Gasteiger partial charge in [0.2, 0.25) is 0 Å². The maximum absolute atomic E-state index is 13.2. The van der Waals surface area contributed by atoms with Crippen LogP contribution in [0.1, 0.15) is 0 Å². The molecule has 0 fully saturated rings. The van der Waals surface area contributed by atoms with Gasteiger partial charge in [0, 0.05) is 11.6 Å². The van der Waals surface area contributed by atoms with Crippen LogP contribution in [-0.4, -0.2) is 9.97 Å². The summed E-state index contributed by atoms with van der Waals surface area (Å²) in [7, 11) is 0. The maximum Gasteiger partial charge on any atom is 0.161 e. The van der Waals surface area contributed by atoms with E-state index in [2.05, 4.69) is 9.97 Å². The third-order valence-electron chi connectivity index (χ3n) is 2.75. The minimum atomic E-state index is -0.703. The lowest BCUT2D eigenvalue weighted by atomic mass is 10.2. The van der Waals surface area contributed by atoms with Gasteiger partial charge in [-0.05, 0) is 24.3 Å². The Morgan fingerprint density at radius 3 is 2.30 bits per heavy atom. The molecule has 2 aromatic carbocycles. The molecule has 3 aromatic rings. The Balaban J connectivity index is 2.27. The third-order valence-corrected chi connectivity index (χ3v) is 3.34. The second kappa shape index (κ2) is 4.96. The number of nitrogens with zero attached hydrogens (tertiary/aromatic N) is 2. The van der Waals surface area contributed by atoms with Crippen molar-refractivity contribution in [2.75, 3.05) is 0 Å². The molecule has 3 rings (SSSR count). The molecule has 0 aliphatic rings. The van der Waals surface area contributed by atoms with Crippen LogP contribution in [0.25, 0.3) is 22.3 Å². The molecule has 1 aromatic heterocycles. The van der Waals surface area contributed by atoms with Crippen LogP contribution in [0.5, 0.6) is 0 Å². The van der Waals surface area contributed by atoms with Gasteiger partial charge >= 0.3 is 0 Å². The van der Waals surface area contributed by atoms with Gasteiger partial charge in [0.15, 0.2) is 5.82 Å². The lowest BCUT2D eigenvalue weighted by molar-refractivity contribution is 0.584. The van der Waals surface area contributed by atoms with Crippen molar-refractivity contribution in [1.82, 2.24) is 9.97 Å². The van der Waals surface area contributed by atoms with Gasteiger partial charge in [-0.15, -0.1) is 0 Å². The van der Waals surface area contributed by atoms with Gasteiger partial charge in [0.1, 0.15) is 16.8 Å². The lowest BCUT2D eigenvalue weighted by Gasteiger charge is -2.06. The first-order valence-electron chi connectivity index (χ1n) is 5.63. The maximum atomic E-state index is 13.2. The predicted octanol–water partition coefficient (Wildman–Crippen LogP) is 4.88. The van der Waals surface area contributed by atoms with Gasteiger partial charge in [-0.1, -0.05) is 29.3 Å². The Hall–Kier alpha value is -1.78. The first-order chi connectivity index (χ1) is 9.54. The second-order valence-electron chi connectivity index (χ2n) is 4.13. The highest BCUT2D eigenvalue weighted by molar-refractivity contribution is 6.41. The monoisotopic (exact) mass is 310 g/mol. The van der Waals surface area contributed by atoms with Crippen LogP contribution in [0.3, 0.4) is 0 Å². The number of aromatic nitrogens is 2. The fourth-order valence-electron chi connectivity index (χ4n) is 1.91. The zero-order valence-corrected chi connectivity index (χ0v) is 11.4. The van der Waals surface area contributed by atoms with Crippen LogP contribution >= 0.6 is 23.2 Å². The average molecular weight is 311 g/mol. The largest absolute Gasteiger partial charge is 0.228 e. The van der Waals surface area contributed by atoms with Gasteiger partial charge in [-0.2, -0.15) is 0 Å². The van der Waals surface area contributed by atoms with Crippen molar-refractivity contribution in [1.29, 1.82) is 0 Å². The molecule has 2 nitrogen and oxygen atoms in total. The number of halogens is 4. The van der Waals surface area contributed by atoms with Crippen molar-refractivity contribution in [2.45, 2.75) is 0 Å². The fourth-order valence-corrected chi connectivity index (χ4v) is 2.50. The van der Waals surface area contributed by atoms with Crippen LogP contribution in [0, 0.1) is 11.6 Å². The van der Waals surface area contributed by atoms with E-state index in [1.807, 2.05) is 0 Å². The minimum Gasteiger partial charge on any atom is -0.228 e. The van der Waals surface area contributed by atoms with Gasteiger partial charge in [0.05, 0.1) is 15.9 Å². The molecule has 0 aliphatic heterocycles. The van der Waals surface area contributed by atoms with E-state index in [1.54, 1.807) is 18.2 Å². The number of hydrogen-bond donors (Lipinski definition) is 0. The molecule has 0 saturated heterocycles. The highest BCUT2D eigenvalue weighted by atomic mass is 35.5. The van der Waals surface area contributed by atoms with E-state index in [9.17, 15) is 8.78 Å². The summed E-state index contributed by atoms with van der Waals surface area (Å²) in [6.07, 6.45) is 0. The van der Waals surface area contributed by atoms with Crippen molar-refractivity contribution in [2.24, 2.45) is 0 Å². The van der Waals surface area contributed by atoms with E-state index in [0.717, 1.165) is 18.2 Å². The van der Waals surface area contributed by atoms with E-state index < -0.39 is 11.6 Å². The van der Waals surface area contributed by atoms with Crippen LogP contribution in [-0.2, 0) is 0 Å². The molecular formula is C14H6Cl2F2N2. The first kappa shape index (κ1) is 13.2. The van der Waals surface area contributed by atoms with Crippen LogP contribution in [0.4, 0.5) is 8.78 Å². The van der Waals surface area contributed by atoms with E-state index in [4.69, 9.17) is 23.2 Å². The van der Waals surface area contributed by atoms with Crippen molar-refractivity contribution >= 4 is 34.1 Å². The molecule has 6 heteroatoms.